The van der Waals surface area contributed by atoms with Gasteiger partial charge in [0.15, 0.2) is 12.4 Å². The predicted octanol–water partition coefficient (Wildman–Crippen LogP) is 3.55. The van der Waals surface area contributed by atoms with E-state index in [1.54, 1.807) is 0 Å². The molecule has 0 spiro atoms. The zero-order chi connectivity index (χ0) is 28.3. The molecule has 16 heteroatoms. The first-order valence-corrected chi connectivity index (χ1v) is 10.7. The highest BCUT2D eigenvalue weighted by Crippen LogP contribution is 2.45. The van der Waals surface area contributed by atoms with E-state index in [2.05, 4.69) is 20.0 Å². The molecule has 0 bridgehead atoms. The van der Waals surface area contributed by atoms with Gasteiger partial charge in [0, 0.05) is 29.0 Å². The number of carbonyl (C=O) groups excluding carboxylic acids is 2. The number of furan rings is 1. The third-order valence-electron chi connectivity index (χ3n) is 4.99. The van der Waals surface area contributed by atoms with Crippen molar-refractivity contribution >= 4 is 40.0 Å². The number of aliphatic hydroxyl groups excluding tert-OH is 1. The average Bonchev–Trinajstić information content (AvgIpc) is 3.29. The van der Waals surface area contributed by atoms with E-state index in [4.69, 9.17) is 26.9 Å². The third-order valence-corrected chi connectivity index (χ3v) is 5.21. The normalized spacial score (nSPS) is 13.0. The summed E-state index contributed by atoms with van der Waals surface area (Å²) in [4.78, 5) is 32.7. The number of ether oxygens (including phenoxy) is 1. The zero-order valence-corrected chi connectivity index (χ0v) is 19.6. The molecule has 9 nitrogen and oxygen atoms in total. The average molecular weight is 567 g/mol. The summed E-state index contributed by atoms with van der Waals surface area (Å²) in [6.45, 7) is -5.28. The molecular weight excluding hydrogens is 550 g/mol. The van der Waals surface area contributed by atoms with E-state index in [0.717, 1.165) is 12.3 Å². The lowest BCUT2D eigenvalue weighted by atomic mass is 10.1. The Labute approximate surface area is 214 Å². The molecule has 0 radical (unpaired) electrons. The van der Waals surface area contributed by atoms with E-state index in [-0.39, 0.29) is 39.7 Å². The molecule has 4 N–H and O–H groups in total. The van der Waals surface area contributed by atoms with E-state index in [1.165, 1.54) is 30.6 Å². The summed E-state index contributed by atoms with van der Waals surface area (Å²) in [6.07, 6.45) is 3.75. The first-order valence-electron chi connectivity index (χ1n) is 10.3. The van der Waals surface area contributed by atoms with Gasteiger partial charge in [0.1, 0.15) is 23.5 Å². The summed E-state index contributed by atoms with van der Waals surface area (Å²) >= 11 is 5.92. The van der Waals surface area contributed by atoms with Crippen LogP contribution in [0, 0.1) is 0 Å². The maximum Gasteiger partial charge on any atom is 0.377 e. The maximum absolute atomic E-state index is 13.8. The highest BCUT2D eigenvalue weighted by atomic mass is 35.5. The van der Waals surface area contributed by atoms with Crippen molar-refractivity contribution in [1.82, 2.24) is 15.3 Å². The molecule has 0 fully saturated rings. The van der Waals surface area contributed by atoms with Crippen LogP contribution in [0.5, 0.6) is 0 Å². The van der Waals surface area contributed by atoms with Crippen molar-refractivity contribution in [2.75, 3.05) is 13.2 Å². The lowest BCUT2D eigenvalue weighted by Crippen LogP contribution is -2.57. The fourth-order valence-corrected chi connectivity index (χ4v) is 3.28. The second-order valence-electron chi connectivity index (χ2n) is 7.64. The molecule has 0 atom stereocenters. The van der Waals surface area contributed by atoms with Crippen LogP contribution in [0.2, 0.25) is 5.02 Å². The molecule has 0 saturated carbocycles. The molecule has 2 heterocycles. The number of nitrogens with two attached hydrogens (primary N) is 1. The fraction of sp³-hybridized carbons (Fsp3) is 0.273. The molecule has 1 aromatic carbocycles. The SMILES string of the molecule is N/C=C(/C(=O)NCc1cc2cc(Cl)cc(C(=O)OCC(F)(F)C(F)(F)C(F)(F)CO)c2o1)c1ncccn1. The van der Waals surface area contributed by atoms with E-state index in [1.807, 2.05) is 0 Å². The van der Waals surface area contributed by atoms with Gasteiger partial charge in [-0.25, -0.2) is 14.8 Å². The van der Waals surface area contributed by atoms with Crippen molar-refractivity contribution in [3.05, 3.63) is 65.0 Å². The fourth-order valence-electron chi connectivity index (χ4n) is 3.05. The van der Waals surface area contributed by atoms with Gasteiger partial charge in [-0.3, -0.25) is 4.79 Å². The quantitative estimate of drug-likeness (QED) is 0.192. The second-order valence-corrected chi connectivity index (χ2v) is 8.07. The van der Waals surface area contributed by atoms with Crippen LogP contribution in [0.15, 0.2) is 47.3 Å². The largest absolute Gasteiger partial charge is 0.458 e. The monoisotopic (exact) mass is 566 g/mol. The minimum atomic E-state index is -6.03. The van der Waals surface area contributed by atoms with Crippen LogP contribution < -0.4 is 11.1 Å². The number of fused-ring (bicyclic) bond motifs is 1. The Balaban J connectivity index is 1.78. The highest BCUT2D eigenvalue weighted by molar-refractivity contribution is 6.32. The molecular formula is C22H17ClF6N4O5. The van der Waals surface area contributed by atoms with Gasteiger partial charge in [0.05, 0.1) is 12.1 Å². The number of hydrogen-bond acceptors (Lipinski definition) is 8. The van der Waals surface area contributed by atoms with Crippen LogP contribution in [-0.4, -0.2) is 57.9 Å². The third kappa shape index (κ3) is 5.67. The lowest BCUT2D eigenvalue weighted by molar-refractivity contribution is -0.323. The second kappa shape index (κ2) is 10.9. The number of aliphatic hydroxyl groups is 1. The summed E-state index contributed by atoms with van der Waals surface area (Å²) in [7, 11) is 0. The lowest BCUT2D eigenvalue weighted by Gasteiger charge is -2.31. The molecule has 1 amide bonds. The van der Waals surface area contributed by atoms with Crippen LogP contribution in [-0.2, 0) is 16.1 Å². The Morgan fingerprint density at radius 3 is 2.37 bits per heavy atom. The zero-order valence-electron chi connectivity index (χ0n) is 18.9. The summed E-state index contributed by atoms with van der Waals surface area (Å²) < 4.78 is 90.7. The van der Waals surface area contributed by atoms with Crippen molar-refractivity contribution in [2.45, 2.75) is 24.3 Å². The van der Waals surface area contributed by atoms with Crippen molar-refractivity contribution in [2.24, 2.45) is 5.73 Å². The molecule has 38 heavy (non-hydrogen) atoms. The van der Waals surface area contributed by atoms with Crippen LogP contribution in [0.3, 0.4) is 0 Å². The van der Waals surface area contributed by atoms with Gasteiger partial charge in [0.25, 0.3) is 5.91 Å². The number of aromatic nitrogens is 2. The van der Waals surface area contributed by atoms with Crippen LogP contribution >= 0.6 is 11.6 Å². The predicted molar refractivity (Wildman–Crippen MR) is 119 cm³/mol. The Morgan fingerprint density at radius 1 is 1.11 bits per heavy atom. The molecule has 0 aliphatic rings. The number of nitrogens with one attached hydrogen (secondary N) is 1. The minimum absolute atomic E-state index is 0.0352. The van der Waals surface area contributed by atoms with Crippen LogP contribution in [0.1, 0.15) is 21.9 Å². The molecule has 0 aliphatic carbocycles. The van der Waals surface area contributed by atoms with Gasteiger partial charge in [-0.2, -0.15) is 26.3 Å². The number of carbonyl (C=O) groups is 2. The first-order chi connectivity index (χ1) is 17.7. The van der Waals surface area contributed by atoms with Gasteiger partial charge < -0.3 is 25.3 Å². The molecule has 0 unspecified atom stereocenters. The highest BCUT2D eigenvalue weighted by Gasteiger charge is 2.71. The van der Waals surface area contributed by atoms with Crippen LogP contribution in [0.25, 0.3) is 16.5 Å². The van der Waals surface area contributed by atoms with Gasteiger partial charge in [-0.1, -0.05) is 11.6 Å². The van der Waals surface area contributed by atoms with Gasteiger partial charge in [0.2, 0.25) is 0 Å². The molecule has 0 aliphatic heterocycles. The van der Waals surface area contributed by atoms with E-state index >= 15 is 0 Å². The number of halogens is 7. The Hall–Kier alpha value is -3.85. The van der Waals surface area contributed by atoms with Gasteiger partial charge in [-0.15, -0.1) is 0 Å². The number of rotatable bonds is 10. The maximum atomic E-state index is 13.8. The van der Waals surface area contributed by atoms with Crippen molar-refractivity contribution in [3.8, 4) is 0 Å². The van der Waals surface area contributed by atoms with Crippen molar-refractivity contribution in [3.63, 3.8) is 0 Å². The van der Waals surface area contributed by atoms with E-state index in [0.29, 0.717) is 0 Å². The number of benzene rings is 1. The van der Waals surface area contributed by atoms with Crippen molar-refractivity contribution < 1.29 is 50.2 Å². The summed E-state index contributed by atoms with van der Waals surface area (Å²) in [5, 5.41) is 10.8. The van der Waals surface area contributed by atoms with E-state index in [9.17, 15) is 35.9 Å². The number of esters is 1. The molecule has 3 rings (SSSR count). The number of hydrogen-bond donors (Lipinski definition) is 3. The molecule has 3 aromatic rings. The Bertz CT molecular complexity index is 1370. The molecule has 2 aromatic heterocycles. The first kappa shape index (κ1) is 28.7. The summed E-state index contributed by atoms with van der Waals surface area (Å²) in [5.74, 6) is -19.3. The topological polar surface area (TPSA) is 141 Å². The summed E-state index contributed by atoms with van der Waals surface area (Å²) in [5.41, 5.74) is 4.54. The number of amides is 1. The molecule has 204 valence electrons. The van der Waals surface area contributed by atoms with Crippen LogP contribution in [0.4, 0.5) is 26.3 Å². The minimum Gasteiger partial charge on any atom is -0.458 e. The van der Waals surface area contributed by atoms with Gasteiger partial charge in [-0.05, 0) is 24.3 Å². The van der Waals surface area contributed by atoms with E-state index < -0.39 is 48.4 Å². The number of alkyl halides is 6. The smallest absolute Gasteiger partial charge is 0.377 e. The summed E-state index contributed by atoms with van der Waals surface area (Å²) in [6, 6.07) is 5.07. The Morgan fingerprint density at radius 2 is 1.76 bits per heavy atom. The number of nitrogens with zero attached hydrogens (tertiary/aromatic N) is 2. The molecule has 0 saturated heterocycles. The van der Waals surface area contributed by atoms with Crippen molar-refractivity contribution in [1.29, 1.82) is 0 Å². The van der Waals surface area contributed by atoms with Gasteiger partial charge >= 0.3 is 23.7 Å². The Kier molecular flexibility index (Phi) is 8.21. The standard InChI is InChI=1S/C22H17ClF6N4O5/c23-12-4-11-5-13(8-33-18(35)15(7-30)17-31-2-1-3-32-17)38-16(11)14(6-12)19(36)37-10-21(26,27)22(28,29)20(24,25)9-34/h1-7,34H,8-10,30H2,(H,33,35)/b15-7+.